The normalized spacial score (nSPS) is 22.4. The summed E-state index contributed by atoms with van der Waals surface area (Å²) in [4.78, 5) is 88.4. The van der Waals surface area contributed by atoms with Crippen LogP contribution in [0.3, 0.4) is 0 Å². The number of aromatic hydroxyl groups is 1. The van der Waals surface area contributed by atoms with Crippen LogP contribution in [-0.4, -0.2) is 129 Å². The number of likely N-dealkylation sites (N-methyl/N-ethyl adjacent to an activating group) is 1. The second kappa shape index (κ2) is 18.0. The molecule has 1 unspecified atom stereocenters. The maximum atomic E-state index is 14.6. The van der Waals surface area contributed by atoms with Crippen molar-refractivity contribution in [2.75, 3.05) is 33.9 Å². The summed E-state index contributed by atoms with van der Waals surface area (Å²) in [6.07, 6.45) is 4.98. The number of esters is 1. The minimum absolute atomic E-state index is 0.0413. The topological polar surface area (TPSA) is 215 Å². The first-order valence-corrected chi connectivity index (χ1v) is 22.3. The van der Waals surface area contributed by atoms with Crippen molar-refractivity contribution in [2.24, 2.45) is 11.3 Å². The summed E-state index contributed by atoms with van der Waals surface area (Å²) in [5.74, 6) is -3.73. The number of fused-ring (bicyclic) bond motifs is 7. The van der Waals surface area contributed by atoms with Crippen LogP contribution in [0.2, 0.25) is 0 Å². The quantitative estimate of drug-likeness (QED) is 0.103. The fourth-order valence-electron chi connectivity index (χ4n) is 9.68. The molecule has 2 aromatic heterocycles. The van der Waals surface area contributed by atoms with Crippen molar-refractivity contribution < 1.29 is 43.3 Å². The molecule has 5 amide bonds. The lowest BCUT2D eigenvalue weighted by molar-refractivity contribution is -0.156. The minimum atomic E-state index is -1.22. The summed E-state index contributed by atoms with van der Waals surface area (Å²) >= 11 is 0. The fraction of sp³-hybridized carbons (Fsp3) is 0.479. The maximum Gasteiger partial charge on any atom is 0.324 e. The lowest BCUT2D eigenvalue weighted by atomic mass is 9.84. The van der Waals surface area contributed by atoms with E-state index in [9.17, 15) is 33.9 Å². The number of carbonyl (C=O) groups is 6. The van der Waals surface area contributed by atoms with E-state index in [0.29, 0.717) is 43.5 Å². The van der Waals surface area contributed by atoms with Crippen molar-refractivity contribution in [2.45, 2.75) is 104 Å². The number of ether oxygens (including phenoxy) is 2. The van der Waals surface area contributed by atoms with Gasteiger partial charge in [0, 0.05) is 67.9 Å². The molecule has 0 aliphatic carbocycles. The van der Waals surface area contributed by atoms with Gasteiger partial charge in [-0.25, -0.2) is 5.43 Å². The van der Waals surface area contributed by atoms with Gasteiger partial charge in [0.25, 0.3) is 5.91 Å². The van der Waals surface area contributed by atoms with Gasteiger partial charge >= 0.3 is 5.97 Å². The van der Waals surface area contributed by atoms with Crippen molar-refractivity contribution in [3.05, 3.63) is 71.5 Å². The number of nitrogens with zero attached hydrogens (tertiary/aromatic N) is 5. The number of phenols is 1. The number of rotatable bonds is 10. The number of amides is 5. The number of phenolic OH excluding ortho intramolecular Hbond substituents is 1. The molecule has 6 heterocycles. The fourth-order valence-corrected chi connectivity index (χ4v) is 9.68. The van der Waals surface area contributed by atoms with E-state index in [1.54, 1.807) is 39.3 Å². The first kappa shape index (κ1) is 45.4. The standard InChI is InChI=1S/C48H58N8O9/c1-8-54-37-12-11-28-20-32(37)33(42(54)34-22-49-14-13-29(34)24-64-7)21-48(4,5)25-65-47(63)35-10-9-15-56(52-35)44(60)36(18-27-16-30(28)19-31(57)17-27)50-43(59)41(26(2)3)53(6)38(58)23-55-45(61)39-40(51-39)46(55)62/h11-14,16-17,19-20,22,26,35-36,39-41,51-52,57H,8-10,15,18,21,23-25H2,1-7H3,(H,50,59)/t35-,36-,39-,40+,41?/m0/s1. The van der Waals surface area contributed by atoms with E-state index < -0.39 is 83.6 Å². The molecule has 0 saturated carbocycles. The molecule has 344 valence electrons. The smallest absolute Gasteiger partial charge is 0.324 e. The highest BCUT2D eigenvalue weighted by molar-refractivity contribution is 6.14. The van der Waals surface area contributed by atoms with Crippen molar-refractivity contribution in [3.8, 4) is 28.1 Å². The first-order chi connectivity index (χ1) is 31.0. The average Bonchev–Trinajstić information content (AvgIpc) is 3.98. The van der Waals surface area contributed by atoms with Crippen LogP contribution in [0.4, 0.5) is 0 Å². The number of hydrazine groups is 1. The molecule has 8 rings (SSSR count). The second-order valence-electron chi connectivity index (χ2n) is 18.8. The summed E-state index contributed by atoms with van der Waals surface area (Å²) in [6.45, 7) is 10.6. The predicted octanol–water partition coefficient (Wildman–Crippen LogP) is 3.08. The largest absolute Gasteiger partial charge is 0.508 e. The van der Waals surface area contributed by atoms with Gasteiger partial charge in [0.15, 0.2) is 0 Å². The number of piperazine rings is 1. The number of imide groups is 1. The second-order valence-corrected chi connectivity index (χ2v) is 18.8. The molecule has 4 aliphatic rings. The van der Waals surface area contributed by atoms with Crippen LogP contribution in [0.5, 0.6) is 5.75 Å². The Morgan fingerprint density at radius 3 is 2.51 bits per heavy atom. The van der Waals surface area contributed by atoms with Crippen LogP contribution in [0.1, 0.15) is 64.2 Å². The number of aryl methyl sites for hydroxylation is 1. The van der Waals surface area contributed by atoms with Gasteiger partial charge in [0.1, 0.15) is 42.5 Å². The van der Waals surface area contributed by atoms with Gasteiger partial charge in [0.2, 0.25) is 23.6 Å². The van der Waals surface area contributed by atoms with Crippen LogP contribution in [0.25, 0.3) is 33.3 Å². The van der Waals surface area contributed by atoms with Crippen LogP contribution in [0, 0.1) is 11.3 Å². The van der Waals surface area contributed by atoms with Crippen LogP contribution in [-0.2, 0) is 64.2 Å². The van der Waals surface area contributed by atoms with E-state index in [1.807, 2.05) is 24.4 Å². The number of carbonyl (C=O) groups excluding carboxylic acids is 6. The third-order valence-corrected chi connectivity index (χ3v) is 13.0. The zero-order chi connectivity index (χ0) is 46.5. The van der Waals surface area contributed by atoms with Crippen LogP contribution in [0.15, 0.2) is 54.9 Å². The zero-order valence-electron chi connectivity index (χ0n) is 38.0. The number of hydrogen-bond acceptors (Lipinski definition) is 12. The number of pyridine rings is 1. The molecular weight excluding hydrogens is 833 g/mol. The highest BCUT2D eigenvalue weighted by Gasteiger charge is 2.59. The van der Waals surface area contributed by atoms with Gasteiger partial charge in [-0.05, 0) is 90.3 Å². The van der Waals surface area contributed by atoms with Gasteiger partial charge < -0.3 is 29.4 Å². The van der Waals surface area contributed by atoms with Gasteiger partial charge in [-0.1, -0.05) is 39.8 Å². The number of likely N-dealkylation sites (tertiary alicyclic amines) is 1. The molecule has 4 aromatic rings. The van der Waals surface area contributed by atoms with E-state index >= 15 is 0 Å². The number of benzene rings is 2. The first-order valence-electron chi connectivity index (χ1n) is 22.3. The Balaban J connectivity index is 1.19. The Labute approximate surface area is 377 Å². The monoisotopic (exact) mass is 890 g/mol. The molecule has 17 heteroatoms. The van der Waals surface area contributed by atoms with Gasteiger partial charge in [-0.3, -0.25) is 49.0 Å². The molecule has 0 radical (unpaired) electrons. The van der Waals surface area contributed by atoms with Crippen molar-refractivity contribution in [1.29, 1.82) is 0 Å². The van der Waals surface area contributed by atoms with Crippen LogP contribution < -0.4 is 16.1 Å². The van der Waals surface area contributed by atoms with Gasteiger partial charge in [0.05, 0.1) is 18.9 Å². The molecule has 17 nitrogen and oxygen atoms in total. The Hall–Kier alpha value is -6.17. The molecule has 65 heavy (non-hydrogen) atoms. The van der Waals surface area contributed by atoms with E-state index in [0.717, 1.165) is 43.8 Å². The van der Waals surface area contributed by atoms with Crippen molar-refractivity contribution >= 4 is 46.4 Å². The lowest BCUT2D eigenvalue weighted by Crippen LogP contribution is -2.62. The van der Waals surface area contributed by atoms with E-state index in [4.69, 9.17) is 9.47 Å². The average molecular weight is 891 g/mol. The third-order valence-electron chi connectivity index (χ3n) is 13.0. The summed E-state index contributed by atoms with van der Waals surface area (Å²) in [5.41, 5.74) is 9.50. The van der Waals surface area contributed by atoms with Crippen LogP contribution >= 0.6 is 0 Å². The third kappa shape index (κ3) is 8.96. The van der Waals surface area contributed by atoms with E-state index in [2.05, 4.69) is 58.5 Å². The Morgan fingerprint density at radius 1 is 1.05 bits per heavy atom. The maximum absolute atomic E-state index is 14.6. The number of hydrogen-bond donors (Lipinski definition) is 4. The Morgan fingerprint density at radius 2 is 1.80 bits per heavy atom. The van der Waals surface area contributed by atoms with Crippen molar-refractivity contribution in [3.63, 3.8) is 0 Å². The highest BCUT2D eigenvalue weighted by atomic mass is 16.5. The minimum Gasteiger partial charge on any atom is -0.508 e. The lowest BCUT2D eigenvalue weighted by Gasteiger charge is -2.37. The molecule has 3 fully saturated rings. The van der Waals surface area contributed by atoms with Gasteiger partial charge in [-0.15, -0.1) is 0 Å². The Kier molecular flexibility index (Phi) is 12.6. The number of methoxy groups -OCH3 is 1. The molecule has 6 bridgehead atoms. The molecule has 4 N–H and O–H groups in total. The predicted molar refractivity (Wildman–Crippen MR) is 239 cm³/mol. The molecular formula is C48H58N8O9. The summed E-state index contributed by atoms with van der Waals surface area (Å²) in [6, 6.07) is 8.82. The molecule has 5 atom stereocenters. The summed E-state index contributed by atoms with van der Waals surface area (Å²) < 4.78 is 14.0. The van der Waals surface area contributed by atoms with E-state index in [-0.39, 0.29) is 25.3 Å². The molecule has 4 aliphatic heterocycles. The molecule has 2 aromatic carbocycles. The number of cyclic esters (lactones) is 1. The SMILES string of the molecule is CCn1c(-c2cnccc2COC)c2c3cc(ccc31)-c1cc(O)cc(c1)C[C@H](NC(=O)C(C(C)C)N(C)C(=O)CN1C(=O)[C@H]3N[C@H]3C1=O)C(=O)N1CCC[C@H](N1)C(=O)OCC(C)(C)C2. The van der Waals surface area contributed by atoms with Crippen molar-refractivity contribution in [1.82, 2.24) is 40.4 Å². The Bertz CT molecular complexity index is 2550. The highest BCUT2D eigenvalue weighted by Crippen LogP contribution is 2.41. The summed E-state index contributed by atoms with van der Waals surface area (Å²) in [7, 11) is 3.10. The summed E-state index contributed by atoms with van der Waals surface area (Å²) in [5, 5.41) is 19.3. The van der Waals surface area contributed by atoms with Gasteiger partial charge in [-0.2, -0.15) is 0 Å². The number of nitrogens with one attached hydrogen (secondary N) is 3. The zero-order valence-corrected chi connectivity index (χ0v) is 38.0. The van der Waals surface area contributed by atoms with E-state index in [1.165, 1.54) is 17.0 Å². The molecule has 0 spiro atoms. The number of aromatic nitrogens is 2. The molecule has 3 saturated heterocycles.